The van der Waals surface area contributed by atoms with Gasteiger partial charge in [-0.05, 0) is 29.8 Å². The van der Waals surface area contributed by atoms with Gasteiger partial charge in [0.2, 0.25) is 0 Å². The smallest absolute Gasteiger partial charge is 0.293 e. The number of hydrogen-bond donors (Lipinski definition) is 3. The van der Waals surface area contributed by atoms with Crippen molar-refractivity contribution < 1.29 is 24.0 Å². The number of hydrazine groups is 1. The Balaban J connectivity index is 1.76. The van der Waals surface area contributed by atoms with Crippen LogP contribution in [0.2, 0.25) is 0 Å². The highest BCUT2D eigenvalue weighted by Crippen LogP contribution is 2.27. The van der Waals surface area contributed by atoms with Crippen LogP contribution in [0.3, 0.4) is 0 Å². The molecule has 0 saturated carbocycles. The molecule has 0 fully saturated rings. The van der Waals surface area contributed by atoms with Crippen molar-refractivity contribution in [3.63, 3.8) is 0 Å². The fourth-order valence-corrected chi connectivity index (χ4v) is 2.59. The first-order valence-corrected chi connectivity index (χ1v) is 8.70. The van der Waals surface area contributed by atoms with Gasteiger partial charge in [-0.15, -0.1) is 0 Å². The summed E-state index contributed by atoms with van der Waals surface area (Å²) in [5, 5.41) is 0. The highest BCUT2D eigenvalue weighted by atomic mass is 16.5. The molecule has 0 heterocycles. The minimum absolute atomic E-state index is 0.246. The van der Waals surface area contributed by atoms with Crippen molar-refractivity contribution in [3.8, 4) is 11.5 Å². The van der Waals surface area contributed by atoms with Gasteiger partial charge < -0.3 is 14.4 Å². The molecule has 1 atom stereocenters. The van der Waals surface area contributed by atoms with Crippen LogP contribution in [0.15, 0.2) is 48.5 Å². The molecule has 0 aliphatic carbocycles. The van der Waals surface area contributed by atoms with Crippen molar-refractivity contribution in [2.45, 2.75) is 6.42 Å². The zero-order valence-electron chi connectivity index (χ0n) is 15.9. The number of benzene rings is 2. The molecule has 0 spiro atoms. The van der Waals surface area contributed by atoms with Gasteiger partial charge in [-0.2, -0.15) is 0 Å². The topological polar surface area (TPSA) is 81.1 Å². The molecular weight excluding hydrogens is 346 g/mol. The molecule has 0 aromatic heterocycles. The molecule has 27 heavy (non-hydrogen) atoms. The van der Waals surface area contributed by atoms with Gasteiger partial charge in [0, 0.05) is 12.0 Å². The van der Waals surface area contributed by atoms with Crippen molar-refractivity contribution in [3.05, 3.63) is 59.7 Å². The lowest BCUT2D eigenvalue weighted by Gasteiger charge is -2.15. The van der Waals surface area contributed by atoms with Gasteiger partial charge in [-0.1, -0.05) is 24.3 Å². The maximum Gasteiger partial charge on any atom is 0.293 e. The van der Waals surface area contributed by atoms with Crippen LogP contribution in [0.5, 0.6) is 11.5 Å². The van der Waals surface area contributed by atoms with Crippen molar-refractivity contribution in [1.82, 2.24) is 10.9 Å². The van der Waals surface area contributed by atoms with E-state index in [4.69, 9.17) is 9.47 Å². The van der Waals surface area contributed by atoms with E-state index in [1.54, 1.807) is 38.5 Å². The summed E-state index contributed by atoms with van der Waals surface area (Å²) in [5.41, 5.74) is 6.47. The minimum Gasteiger partial charge on any atom is -0.493 e. The van der Waals surface area contributed by atoms with Crippen molar-refractivity contribution >= 4 is 11.8 Å². The third-order valence-corrected chi connectivity index (χ3v) is 4.10. The Labute approximate surface area is 159 Å². The van der Waals surface area contributed by atoms with E-state index < -0.39 is 0 Å². The molecule has 0 aliphatic heterocycles. The molecule has 1 unspecified atom stereocenters. The maximum atomic E-state index is 12.0. The third-order valence-electron chi connectivity index (χ3n) is 4.10. The molecule has 0 aliphatic rings. The Hall–Kier alpha value is -3.06. The molecule has 2 amide bonds. The molecule has 2 aromatic carbocycles. The largest absolute Gasteiger partial charge is 0.493 e. The lowest BCUT2D eigenvalue weighted by Crippen LogP contribution is -3.10. The van der Waals surface area contributed by atoms with Gasteiger partial charge in [0.15, 0.2) is 18.0 Å². The van der Waals surface area contributed by atoms with Crippen molar-refractivity contribution in [2.75, 3.05) is 34.4 Å². The average Bonchev–Trinajstić information content (AvgIpc) is 2.70. The summed E-state index contributed by atoms with van der Waals surface area (Å²) in [4.78, 5) is 24.9. The molecule has 0 radical (unpaired) electrons. The van der Waals surface area contributed by atoms with E-state index >= 15 is 0 Å². The highest BCUT2D eigenvalue weighted by molar-refractivity contribution is 5.95. The lowest BCUT2D eigenvalue weighted by molar-refractivity contribution is -0.871. The van der Waals surface area contributed by atoms with E-state index in [-0.39, 0.29) is 18.4 Å². The summed E-state index contributed by atoms with van der Waals surface area (Å²) in [6.07, 6.45) is 0.788. The van der Waals surface area contributed by atoms with Gasteiger partial charge in [-0.3, -0.25) is 20.4 Å². The molecule has 7 heteroatoms. The second kappa shape index (κ2) is 10.2. The van der Waals surface area contributed by atoms with Gasteiger partial charge in [0.1, 0.15) is 0 Å². The minimum atomic E-state index is -0.341. The summed E-state index contributed by atoms with van der Waals surface area (Å²) in [5.74, 6) is 0.792. The number of quaternary nitrogens is 1. The first-order chi connectivity index (χ1) is 13.0. The van der Waals surface area contributed by atoms with Crippen LogP contribution in [-0.4, -0.2) is 46.2 Å². The average molecular weight is 372 g/mol. The quantitative estimate of drug-likeness (QED) is 0.579. The molecule has 7 nitrogen and oxygen atoms in total. The fourth-order valence-electron chi connectivity index (χ4n) is 2.59. The zero-order valence-corrected chi connectivity index (χ0v) is 15.9. The van der Waals surface area contributed by atoms with Crippen LogP contribution in [-0.2, 0) is 11.2 Å². The van der Waals surface area contributed by atoms with Crippen LogP contribution in [0.25, 0.3) is 0 Å². The number of likely N-dealkylation sites (N-methyl/N-ethyl adjacent to an activating group) is 1. The molecular formula is C20H26N3O4+. The van der Waals surface area contributed by atoms with Gasteiger partial charge in [-0.25, -0.2) is 0 Å². The lowest BCUT2D eigenvalue weighted by atomic mass is 10.1. The number of carbonyl (C=O) groups excluding carboxylic acids is 2. The summed E-state index contributed by atoms with van der Waals surface area (Å²) in [6, 6.07) is 14.5. The van der Waals surface area contributed by atoms with Crippen molar-refractivity contribution in [1.29, 1.82) is 0 Å². The molecule has 0 saturated heterocycles. The Morgan fingerprint density at radius 1 is 0.963 bits per heavy atom. The number of nitrogens with one attached hydrogen (secondary N) is 3. The first kappa shape index (κ1) is 20.3. The van der Waals surface area contributed by atoms with E-state index in [1.165, 1.54) is 0 Å². The number of ether oxygens (including phenoxy) is 2. The fraction of sp³-hybridized carbons (Fsp3) is 0.300. The van der Waals surface area contributed by atoms with Crippen LogP contribution in [0, 0.1) is 0 Å². The Kier molecular flexibility index (Phi) is 7.63. The Morgan fingerprint density at radius 3 is 2.33 bits per heavy atom. The van der Waals surface area contributed by atoms with E-state index in [9.17, 15) is 9.59 Å². The molecule has 2 aromatic rings. The van der Waals surface area contributed by atoms with Crippen LogP contribution >= 0.6 is 0 Å². The number of carbonyl (C=O) groups is 2. The SMILES string of the molecule is COc1ccc(CC[NH+](C)CC(=O)NNC(=O)c2ccccc2)cc1OC. The van der Waals surface area contributed by atoms with Crippen molar-refractivity contribution in [2.24, 2.45) is 0 Å². The standard InChI is InChI=1S/C20H25N3O4/c1-23(12-11-15-9-10-17(26-2)18(13-15)27-3)14-19(24)21-22-20(25)16-7-5-4-6-8-16/h4-10,13H,11-12,14H2,1-3H3,(H,21,24)(H,22,25)/p+1. The number of hydrogen-bond acceptors (Lipinski definition) is 4. The van der Waals surface area contributed by atoms with Crippen LogP contribution < -0.4 is 25.2 Å². The van der Waals surface area contributed by atoms with Gasteiger partial charge in [0.05, 0.1) is 27.8 Å². The first-order valence-electron chi connectivity index (χ1n) is 8.70. The maximum absolute atomic E-state index is 12.0. The van der Waals surface area contributed by atoms with Gasteiger partial charge in [0.25, 0.3) is 11.8 Å². The predicted octanol–water partition coefficient (Wildman–Crippen LogP) is 0.222. The van der Waals surface area contributed by atoms with E-state index in [0.717, 1.165) is 23.4 Å². The van der Waals surface area contributed by atoms with E-state index in [2.05, 4.69) is 10.9 Å². The molecule has 3 N–H and O–H groups in total. The highest BCUT2D eigenvalue weighted by Gasteiger charge is 2.12. The zero-order chi connectivity index (χ0) is 19.6. The van der Waals surface area contributed by atoms with Crippen LogP contribution in [0.1, 0.15) is 15.9 Å². The normalized spacial score (nSPS) is 11.4. The predicted molar refractivity (Wildman–Crippen MR) is 102 cm³/mol. The monoisotopic (exact) mass is 372 g/mol. The van der Waals surface area contributed by atoms with Gasteiger partial charge >= 0.3 is 0 Å². The van der Waals surface area contributed by atoms with E-state index in [1.807, 2.05) is 31.3 Å². The summed E-state index contributed by atoms with van der Waals surface area (Å²) >= 11 is 0. The second-order valence-electron chi connectivity index (χ2n) is 6.19. The third kappa shape index (κ3) is 6.31. The van der Waals surface area contributed by atoms with Crippen LogP contribution in [0.4, 0.5) is 0 Å². The Morgan fingerprint density at radius 2 is 1.67 bits per heavy atom. The molecule has 144 valence electrons. The number of methoxy groups -OCH3 is 2. The Bertz CT molecular complexity index is 765. The summed E-state index contributed by atoms with van der Waals surface area (Å²) in [6.45, 7) is 1.01. The molecule has 0 bridgehead atoms. The summed E-state index contributed by atoms with van der Waals surface area (Å²) in [7, 11) is 5.14. The molecule has 2 rings (SSSR count). The number of amides is 2. The summed E-state index contributed by atoms with van der Waals surface area (Å²) < 4.78 is 10.5. The second-order valence-corrected chi connectivity index (χ2v) is 6.19. The number of rotatable bonds is 8. The van der Waals surface area contributed by atoms with E-state index in [0.29, 0.717) is 17.1 Å².